The summed E-state index contributed by atoms with van der Waals surface area (Å²) in [6.45, 7) is 6.85. The summed E-state index contributed by atoms with van der Waals surface area (Å²) in [4.78, 5) is 35.8. The first kappa shape index (κ1) is 21.5. The van der Waals surface area contributed by atoms with Crippen molar-refractivity contribution in [3.05, 3.63) is 41.2 Å². The standard InChI is InChI=1S/C19H23N3O5S/c1-11-5-12(2)7-15(6-11)20-17(23)9-26-18(24)10-28-14(4)19(25)21-16-8-13(3)27-22-16/h5-8,14H,9-10H2,1-4H3,(H,20,23)(H,21,22,25)/t14-/m0/s1. The highest BCUT2D eigenvalue weighted by molar-refractivity contribution is 8.01. The third-order valence-electron chi connectivity index (χ3n) is 3.57. The summed E-state index contributed by atoms with van der Waals surface area (Å²) in [6.07, 6.45) is 0. The first-order chi connectivity index (χ1) is 13.2. The molecule has 0 radical (unpaired) electrons. The molecule has 1 atom stereocenters. The number of hydrogen-bond acceptors (Lipinski definition) is 7. The number of benzene rings is 1. The molecule has 0 aliphatic carbocycles. The highest BCUT2D eigenvalue weighted by Gasteiger charge is 2.18. The van der Waals surface area contributed by atoms with Crippen LogP contribution in [0.4, 0.5) is 11.5 Å². The van der Waals surface area contributed by atoms with Crippen molar-refractivity contribution in [1.29, 1.82) is 0 Å². The van der Waals surface area contributed by atoms with Crippen LogP contribution < -0.4 is 10.6 Å². The summed E-state index contributed by atoms with van der Waals surface area (Å²) in [7, 11) is 0. The first-order valence-corrected chi connectivity index (χ1v) is 9.67. The van der Waals surface area contributed by atoms with E-state index in [1.165, 1.54) is 0 Å². The predicted octanol–water partition coefficient (Wildman–Crippen LogP) is 2.84. The lowest BCUT2D eigenvalue weighted by Gasteiger charge is -2.11. The molecule has 0 bridgehead atoms. The summed E-state index contributed by atoms with van der Waals surface area (Å²) in [6, 6.07) is 7.25. The van der Waals surface area contributed by atoms with Crippen LogP contribution >= 0.6 is 11.8 Å². The van der Waals surface area contributed by atoms with Gasteiger partial charge in [0.15, 0.2) is 12.4 Å². The van der Waals surface area contributed by atoms with Crippen LogP contribution in [0.15, 0.2) is 28.8 Å². The van der Waals surface area contributed by atoms with Gasteiger partial charge in [-0.2, -0.15) is 0 Å². The zero-order valence-electron chi connectivity index (χ0n) is 16.2. The Balaban J connectivity index is 1.69. The van der Waals surface area contributed by atoms with Gasteiger partial charge in [-0.25, -0.2) is 0 Å². The molecule has 9 heteroatoms. The fourth-order valence-corrected chi connectivity index (χ4v) is 3.03. The van der Waals surface area contributed by atoms with Gasteiger partial charge in [-0.1, -0.05) is 11.2 Å². The Labute approximate surface area is 167 Å². The summed E-state index contributed by atoms with van der Waals surface area (Å²) < 4.78 is 9.83. The lowest BCUT2D eigenvalue weighted by atomic mass is 10.1. The summed E-state index contributed by atoms with van der Waals surface area (Å²) in [5.41, 5.74) is 2.70. The van der Waals surface area contributed by atoms with Crippen molar-refractivity contribution >= 4 is 41.1 Å². The minimum Gasteiger partial charge on any atom is -0.455 e. The Hall–Kier alpha value is -2.81. The number of anilines is 2. The van der Waals surface area contributed by atoms with Gasteiger partial charge in [0, 0.05) is 11.8 Å². The van der Waals surface area contributed by atoms with Crippen molar-refractivity contribution in [1.82, 2.24) is 5.16 Å². The van der Waals surface area contributed by atoms with Crippen molar-refractivity contribution in [2.24, 2.45) is 0 Å². The molecule has 28 heavy (non-hydrogen) atoms. The summed E-state index contributed by atoms with van der Waals surface area (Å²) in [5.74, 6) is -0.450. The highest BCUT2D eigenvalue weighted by atomic mass is 32.2. The molecular formula is C19H23N3O5S. The van der Waals surface area contributed by atoms with Crippen LogP contribution in [0.5, 0.6) is 0 Å². The molecule has 0 aliphatic heterocycles. The molecule has 2 N–H and O–H groups in total. The normalized spacial score (nSPS) is 11.6. The Morgan fingerprint density at radius 3 is 2.39 bits per heavy atom. The zero-order valence-corrected chi connectivity index (χ0v) is 17.0. The van der Waals surface area contributed by atoms with Crippen molar-refractivity contribution in [3.63, 3.8) is 0 Å². The molecule has 1 aromatic carbocycles. The Morgan fingerprint density at radius 2 is 1.79 bits per heavy atom. The quantitative estimate of drug-likeness (QED) is 0.650. The second-order valence-corrected chi connectivity index (χ2v) is 7.68. The number of carbonyl (C=O) groups is 3. The number of aryl methyl sites for hydroxylation is 3. The number of aromatic nitrogens is 1. The van der Waals surface area contributed by atoms with Gasteiger partial charge in [-0.3, -0.25) is 14.4 Å². The average Bonchev–Trinajstić information content (AvgIpc) is 3.01. The lowest BCUT2D eigenvalue weighted by Crippen LogP contribution is -2.25. The number of ether oxygens (including phenoxy) is 1. The SMILES string of the molecule is Cc1cc(C)cc(NC(=O)COC(=O)CS[C@@H](C)C(=O)Nc2cc(C)on2)c1. The number of amides is 2. The molecule has 2 aromatic rings. The molecular weight excluding hydrogens is 382 g/mol. The van der Waals surface area contributed by atoms with E-state index in [0.29, 0.717) is 17.3 Å². The fourth-order valence-electron chi connectivity index (χ4n) is 2.35. The molecule has 1 aromatic heterocycles. The van der Waals surface area contributed by atoms with Crippen LogP contribution in [0.2, 0.25) is 0 Å². The molecule has 8 nitrogen and oxygen atoms in total. The molecule has 0 saturated carbocycles. The fraction of sp³-hybridized carbons (Fsp3) is 0.368. The number of rotatable bonds is 8. The number of nitrogens with zero attached hydrogens (tertiary/aromatic N) is 1. The smallest absolute Gasteiger partial charge is 0.316 e. The molecule has 0 spiro atoms. The third kappa shape index (κ3) is 7.07. The van der Waals surface area contributed by atoms with E-state index in [1.54, 1.807) is 19.9 Å². The lowest BCUT2D eigenvalue weighted by molar-refractivity contribution is -0.144. The zero-order chi connectivity index (χ0) is 20.7. The van der Waals surface area contributed by atoms with Crippen molar-refractivity contribution in [2.45, 2.75) is 32.9 Å². The van der Waals surface area contributed by atoms with Crippen LogP contribution in [-0.2, 0) is 19.1 Å². The first-order valence-electron chi connectivity index (χ1n) is 8.62. The van der Waals surface area contributed by atoms with Crippen molar-refractivity contribution < 1.29 is 23.6 Å². The van der Waals surface area contributed by atoms with E-state index in [0.717, 1.165) is 22.9 Å². The van der Waals surface area contributed by atoms with Crippen LogP contribution in [0.25, 0.3) is 0 Å². The number of hydrogen-bond donors (Lipinski definition) is 2. The Morgan fingerprint density at radius 1 is 1.11 bits per heavy atom. The van der Waals surface area contributed by atoms with Crippen LogP contribution in [0.1, 0.15) is 23.8 Å². The second-order valence-electron chi connectivity index (χ2n) is 6.35. The van der Waals surface area contributed by atoms with Gasteiger partial charge in [-0.15, -0.1) is 11.8 Å². The average molecular weight is 405 g/mol. The van der Waals surface area contributed by atoms with E-state index in [2.05, 4.69) is 15.8 Å². The van der Waals surface area contributed by atoms with Gasteiger partial charge < -0.3 is 19.9 Å². The molecule has 0 aliphatic rings. The van der Waals surface area contributed by atoms with Gasteiger partial charge >= 0.3 is 5.97 Å². The molecule has 0 unspecified atom stereocenters. The maximum atomic E-state index is 12.0. The predicted molar refractivity (Wildman–Crippen MR) is 107 cm³/mol. The van der Waals surface area contributed by atoms with E-state index in [4.69, 9.17) is 9.26 Å². The van der Waals surface area contributed by atoms with E-state index < -0.39 is 17.1 Å². The Bertz CT molecular complexity index is 845. The summed E-state index contributed by atoms with van der Waals surface area (Å²) >= 11 is 1.10. The molecule has 1 heterocycles. The van der Waals surface area contributed by atoms with Crippen molar-refractivity contribution in [3.8, 4) is 0 Å². The minimum absolute atomic E-state index is 0.0523. The Kier molecular flexibility index (Phi) is 7.62. The van der Waals surface area contributed by atoms with E-state index in [-0.39, 0.29) is 18.3 Å². The third-order valence-corrected chi connectivity index (χ3v) is 4.69. The van der Waals surface area contributed by atoms with Gasteiger partial charge in [0.1, 0.15) is 5.76 Å². The van der Waals surface area contributed by atoms with E-state index in [1.807, 2.05) is 32.0 Å². The van der Waals surface area contributed by atoms with Crippen LogP contribution in [-0.4, -0.2) is 40.6 Å². The van der Waals surface area contributed by atoms with E-state index in [9.17, 15) is 14.4 Å². The summed E-state index contributed by atoms with van der Waals surface area (Å²) in [5, 5.41) is 8.45. The highest BCUT2D eigenvalue weighted by Crippen LogP contribution is 2.15. The number of thioether (sulfide) groups is 1. The monoisotopic (exact) mass is 405 g/mol. The molecule has 0 fully saturated rings. The van der Waals surface area contributed by atoms with Gasteiger partial charge in [0.2, 0.25) is 5.91 Å². The van der Waals surface area contributed by atoms with Crippen molar-refractivity contribution in [2.75, 3.05) is 23.0 Å². The van der Waals surface area contributed by atoms with Gasteiger partial charge in [-0.05, 0) is 51.0 Å². The number of nitrogens with one attached hydrogen (secondary N) is 2. The molecule has 0 saturated heterocycles. The molecule has 2 rings (SSSR count). The van der Waals surface area contributed by atoms with Crippen LogP contribution in [0.3, 0.4) is 0 Å². The number of carbonyl (C=O) groups excluding carboxylic acids is 3. The van der Waals surface area contributed by atoms with Gasteiger partial charge in [0.05, 0.1) is 11.0 Å². The maximum absolute atomic E-state index is 12.0. The topological polar surface area (TPSA) is 111 Å². The minimum atomic E-state index is -0.572. The van der Waals surface area contributed by atoms with Crippen LogP contribution in [0, 0.1) is 20.8 Å². The largest absolute Gasteiger partial charge is 0.455 e. The van der Waals surface area contributed by atoms with E-state index >= 15 is 0 Å². The second kappa shape index (κ2) is 9.93. The van der Waals surface area contributed by atoms with Gasteiger partial charge in [0.25, 0.3) is 5.91 Å². The number of esters is 1. The maximum Gasteiger partial charge on any atom is 0.316 e. The molecule has 2 amide bonds. The molecule has 150 valence electrons.